The Balaban J connectivity index is 2.48. The van der Waals surface area contributed by atoms with Crippen molar-refractivity contribution in [1.82, 2.24) is 0 Å². The first kappa shape index (κ1) is 8.75. The van der Waals surface area contributed by atoms with Crippen molar-refractivity contribution in [2.75, 3.05) is 5.73 Å². The summed E-state index contributed by atoms with van der Waals surface area (Å²) in [5.74, 6) is -0.371. The molecule has 70 valence electrons. The molecule has 0 atom stereocenters. The van der Waals surface area contributed by atoms with Crippen LogP contribution in [0.15, 0.2) is 48.5 Å². The van der Waals surface area contributed by atoms with E-state index in [0.29, 0.717) is 0 Å². The Kier molecular flexibility index (Phi) is 2.19. The van der Waals surface area contributed by atoms with E-state index in [9.17, 15) is 4.39 Å². The van der Waals surface area contributed by atoms with Crippen molar-refractivity contribution in [3.05, 3.63) is 54.3 Å². The van der Waals surface area contributed by atoms with Crippen LogP contribution in [-0.4, -0.2) is 0 Å². The molecule has 0 saturated heterocycles. The molecule has 2 heteroatoms. The van der Waals surface area contributed by atoms with Crippen molar-refractivity contribution in [2.45, 2.75) is 0 Å². The highest BCUT2D eigenvalue weighted by atomic mass is 19.1. The Bertz CT molecular complexity index is 437. The molecule has 0 unspecified atom stereocenters. The van der Waals surface area contributed by atoms with Crippen LogP contribution in [0.4, 0.5) is 10.1 Å². The van der Waals surface area contributed by atoms with Crippen molar-refractivity contribution in [3.63, 3.8) is 0 Å². The van der Waals surface area contributed by atoms with Gasteiger partial charge in [-0.3, -0.25) is 0 Å². The largest absolute Gasteiger partial charge is 0.396 e. The maximum atomic E-state index is 12.9. The quantitative estimate of drug-likeness (QED) is 0.682. The molecule has 1 nitrogen and oxygen atoms in total. The molecule has 0 aliphatic heterocycles. The summed E-state index contributed by atoms with van der Waals surface area (Å²) in [5, 5.41) is 0. The van der Waals surface area contributed by atoms with Gasteiger partial charge in [0, 0.05) is 0 Å². The summed E-state index contributed by atoms with van der Waals surface area (Å²) < 4.78 is 12.9. The molecule has 0 fully saturated rings. The van der Waals surface area contributed by atoms with Gasteiger partial charge in [-0.2, -0.15) is 0 Å². The minimum atomic E-state index is -0.371. The van der Waals surface area contributed by atoms with Gasteiger partial charge in [0.25, 0.3) is 0 Å². The van der Waals surface area contributed by atoms with Crippen LogP contribution in [0.1, 0.15) is 0 Å². The van der Waals surface area contributed by atoms with Gasteiger partial charge in [0.2, 0.25) is 0 Å². The summed E-state index contributed by atoms with van der Waals surface area (Å²) >= 11 is 0. The van der Waals surface area contributed by atoms with Gasteiger partial charge in [0.15, 0.2) is 0 Å². The molecule has 0 aromatic heterocycles. The van der Waals surface area contributed by atoms with E-state index in [1.165, 1.54) is 6.07 Å². The summed E-state index contributed by atoms with van der Waals surface area (Å²) in [7, 11) is 0. The second-order valence-corrected chi connectivity index (χ2v) is 3.10. The van der Waals surface area contributed by atoms with E-state index in [2.05, 4.69) is 0 Å². The van der Waals surface area contributed by atoms with E-state index in [4.69, 9.17) is 5.73 Å². The molecule has 0 radical (unpaired) electrons. The van der Waals surface area contributed by atoms with Gasteiger partial charge in [-0.05, 0) is 23.3 Å². The van der Waals surface area contributed by atoms with Gasteiger partial charge in [0.05, 0.1) is 5.69 Å². The van der Waals surface area contributed by atoms with Gasteiger partial charge in [0.1, 0.15) is 5.82 Å². The maximum Gasteiger partial charge on any atom is 0.146 e. The first-order valence-electron chi connectivity index (χ1n) is 4.38. The Morgan fingerprint density at radius 1 is 0.857 bits per heavy atom. The summed E-state index contributed by atoms with van der Waals surface area (Å²) in [6, 6.07) is 14.5. The molecule has 0 aliphatic rings. The summed E-state index contributed by atoms with van der Waals surface area (Å²) in [6.45, 7) is 0. The van der Waals surface area contributed by atoms with Crippen LogP contribution in [0.3, 0.4) is 0 Å². The van der Waals surface area contributed by atoms with Gasteiger partial charge < -0.3 is 5.73 Å². The van der Waals surface area contributed by atoms with Crippen LogP contribution in [0, 0.1) is 5.82 Å². The Morgan fingerprint density at radius 3 is 2.21 bits per heavy atom. The lowest BCUT2D eigenvalue weighted by Crippen LogP contribution is -1.90. The lowest BCUT2D eigenvalue weighted by molar-refractivity contribution is 0.632. The average molecular weight is 187 g/mol. The predicted octanol–water partition coefficient (Wildman–Crippen LogP) is 3.07. The van der Waals surface area contributed by atoms with E-state index >= 15 is 0 Å². The van der Waals surface area contributed by atoms with Crippen molar-refractivity contribution < 1.29 is 4.39 Å². The first-order chi connectivity index (χ1) is 6.77. The molecule has 2 aromatic rings. The lowest BCUT2D eigenvalue weighted by atomic mass is 10.1. The normalized spacial score (nSPS) is 10.1. The highest BCUT2D eigenvalue weighted by molar-refractivity contribution is 5.67. The van der Waals surface area contributed by atoms with Gasteiger partial charge in [-0.15, -0.1) is 0 Å². The van der Waals surface area contributed by atoms with Crippen LogP contribution >= 0.6 is 0 Å². The van der Waals surface area contributed by atoms with Crippen LogP contribution < -0.4 is 5.73 Å². The highest BCUT2D eigenvalue weighted by Crippen LogP contribution is 2.22. The number of halogens is 1. The molecule has 0 saturated carbocycles. The SMILES string of the molecule is Nc1cc(-c2ccccc2)ccc1F. The molecule has 2 rings (SSSR count). The molecule has 0 heterocycles. The van der Waals surface area contributed by atoms with E-state index in [1.807, 2.05) is 30.3 Å². The van der Waals surface area contributed by atoms with E-state index < -0.39 is 0 Å². The standard InChI is InChI=1S/C12H10FN/c13-11-7-6-10(8-12(11)14)9-4-2-1-3-5-9/h1-8H,14H2. The summed E-state index contributed by atoms with van der Waals surface area (Å²) in [4.78, 5) is 0. The van der Waals surface area contributed by atoms with Crippen LogP contribution in [-0.2, 0) is 0 Å². The minimum Gasteiger partial charge on any atom is -0.396 e. The van der Waals surface area contributed by atoms with Crippen LogP contribution in [0.2, 0.25) is 0 Å². The van der Waals surface area contributed by atoms with E-state index in [0.717, 1.165) is 11.1 Å². The zero-order valence-corrected chi connectivity index (χ0v) is 7.57. The number of hydrogen-bond acceptors (Lipinski definition) is 1. The van der Waals surface area contributed by atoms with Crippen molar-refractivity contribution >= 4 is 5.69 Å². The molecule has 2 aromatic carbocycles. The number of nitrogen functional groups attached to an aromatic ring is 1. The molecule has 0 spiro atoms. The van der Waals surface area contributed by atoms with Crippen molar-refractivity contribution in [1.29, 1.82) is 0 Å². The Hall–Kier alpha value is -1.83. The fourth-order valence-electron chi connectivity index (χ4n) is 1.35. The summed E-state index contributed by atoms with van der Waals surface area (Å²) in [6.07, 6.45) is 0. The van der Waals surface area contributed by atoms with Crippen molar-refractivity contribution in [2.24, 2.45) is 0 Å². The zero-order chi connectivity index (χ0) is 9.97. The molecular formula is C12H10FN. The lowest BCUT2D eigenvalue weighted by Gasteiger charge is -2.02. The van der Waals surface area contributed by atoms with E-state index in [1.54, 1.807) is 12.1 Å². The number of anilines is 1. The smallest absolute Gasteiger partial charge is 0.146 e. The predicted molar refractivity (Wildman–Crippen MR) is 56.2 cm³/mol. The molecular weight excluding hydrogens is 177 g/mol. The second kappa shape index (κ2) is 3.50. The summed E-state index contributed by atoms with van der Waals surface area (Å²) in [5.41, 5.74) is 7.65. The van der Waals surface area contributed by atoms with Gasteiger partial charge in [-0.1, -0.05) is 36.4 Å². The number of benzene rings is 2. The third-order valence-electron chi connectivity index (χ3n) is 2.10. The monoisotopic (exact) mass is 187 g/mol. The molecule has 14 heavy (non-hydrogen) atoms. The Morgan fingerprint density at radius 2 is 1.57 bits per heavy atom. The first-order valence-corrected chi connectivity index (χ1v) is 4.38. The minimum absolute atomic E-state index is 0.186. The fraction of sp³-hybridized carbons (Fsp3) is 0. The Labute approximate surface area is 82.0 Å². The van der Waals surface area contributed by atoms with Gasteiger partial charge in [-0.25, -0.2) is 4.39 Å². The van der Waals surface area contributed by atoms with Crippen LogP contribution in [0.5, 0.6) is 0 Å². The number of nitrogens with two attached hydrogens (primary N) is 1. The number of rotatable bonds is 1. The second-order valence-electron chi connectivity index (χ2n) is 3.10. The van der Waals surface area contributed by atoms with Crippen LogP contribution in [0.25, 0.3) is 11.1 Å². The topological polar surface area (TPSA) is 26.0 Å². The number of hydrogen-bond donors (Lipinski definition) is 1. The third kappa shape index (κ3) is 1.59. The molecule has 2 N–H and O–H groups in total. The highest BCUT2D eigenvalue weighted by Gasteiger charge is 2.00. The third-order valence-corrected chi connectivity index (χ3v) is 2.10. The molecule has 0 amide bonds. The van der Waals surface area contributed by atoms with E-state index in [-0.39, 0.29) is 11.5 Å². The van der Waals surface area contributed by atoms with Gasteiger partial charge >= 0.3 is 0 Å². The van der Waals surface area contributed by atoms with Crippen molar-refractivity contribution in [3.8, 4) is 11.1 Å². The fourth-order valence-corrected chi connectivity index (χ4v) is 1.35. The zero-order valence-electron chi connectivity index (χ0n) is 7.57. The average Bonchev–Trinajstić information content (AvgIpc) is 2.23. The molecule has 0 bridgehead atoms. The molecule has 0 aliphatic carbocycles. The maximum absolute atomic E-state index is 12.9.